The Morgan fingerprint density at radius 1 is 0.900 bits per heavy atom. The van der Waals surface area contributed by atoms with E-state index in [0.29, 0.717) is 12.1 Å². The van der Waals surface area contributed by atoms with Gasteiger partial charge in [-0.05, 0) is 76.3 Å². The van der Waals surface area contributed by atoms with Gasteiger partial charge in [0.15, 0.2) is 0 Å². The fourth-order valence-corrected chi connectivity index (χ4v) is 4.69. The maximum absolute atomic E-state index is 14.1. The van der Waals surface area contributed by atoms with Gasteiger partial charge in [-0.15, -0.1) is 0 Å². The molecule has 0 aliphatic rings. The van der Waals surface area contributed by atoms with E-state index in [9.17, 15) is 19.5 Å². The highest BCUT2D eigenvalue weighted by Crippen LogP contribution is 2.30. The van der Waals surface area contributed by atoms with Crippen molar-refractivity contribution in [1.82, 2.24) is 10.2 Å². The van der Waals surface area contributed by atoms with E-state index in [4.69, 9.17) is 4.74 Å². The Hall–Kier alpha value is -3.39. The van der Waals surface area contributed by atoms with E-state index in [0.717, 1.165) is 47.9 Å². The minimum absolute atomic E-state index is 0.286. The fourth-order valence-electron chi connectivity index (χ4n) is 4.69. The van der Waals surface area contributed by atoms with Crippen molar-refractivity contribution >= 4 is 23.6 Å². The molecule has 3 amide bonds. The summed E-state index contributed by atoms with van der Waals surface area (Å²) in [6.45, 7) is 12.7. The Morgan fingerprint density at radius 2 is 1.50 bits per heavy atom. The number of rotatable bonds is 13. The van der Waals surface area contributed by atoms with Crippen LogP contribution in [-0.4, -0.2) is 52.7 Å². The molecule has 0 saturated heterocycles. The van der Waals surface area contributed by atoms with E-state index < -0.39 is 36.3 Å². The second-order valence-corrected chi connectivity index (χ2v) is 11.3. The summed E-state index contributed by atoms with van der Waals surface area (Å²) in [4.78, 5) is 42.2. The van der Waals surface area contributed by atoms with E-state index in [1.807, 2.05) is 63.2 Å². The number of unbranched alkanes of at least 4 members (excludes halogenated alkanes) is 4. The van der Waals surface area contributed by atoms with Gasteiger partial charge in [0.25, 0.3) is 5.91 Å². The molecule has 2 rings (SSSR count). The lowest BCUT2D eigenvalue weighted by Gasteiger charge is -2.35. The third kappa shape index (κ3) is 9.66. The predicted octanol–water partition coefficient (Wildman–Crippen LogP) is 5.98. The number of aliphatic hydroxyl groups is 1. The van der Waals surface area contributed by atoms with Crippen LogP contribution in [0.15, 0.2) is 42.5 Å². The van der Waals surface area contributed by atoms with Gasteiger partial charge in [0.2, 0.25) is 5.91 Å². The Kier molecular flexibility index (Phi) is 12.6. The van der Waals surface area contributed by atoms with Gasteiger partial charge in [0.05, 0.1) is 6.61 Å². The molecule has 2 aromatic rings. The molecule has 0 aromatic heterocycles. The fraction of sp³-hybridized carbons (Fsp3) is 0.531. The van der Waals surface area contributed by atoms with E-state index in [-0.39, 0.29) is 12.5 Å². The van der Waals surface area contributed by atoms with Crippen molar-refractivity contribution in [2.75, 3.05) is 18.5 Å². The van der Waals surface area contributed by atoms with E-state index in [1.165, 1.54) is 4.90 Å². The zero-order valence-corrected chi connectivity index (χ0v) is 25.2. The molecular formula is C32H47N3O5. The van der Waals surface area contributed by atoms with E-state index >= 15 is 0 Å². The summed E-state index contributed by atoms with van der Waals surface area (Å²) >= 11 is 0. The highest BCUT2D eigenvalue weighted by molar-refractivity contribution is 5.99. The quantitative estimate of drug-likeness (QED) is 0.265. The molecule has 0 aliphatic heterocycles. The molecule has 0 fully saturated rings. The molecule has 40 heavy (non-hydrogen) atoms. The zero-order valence-electron chi connectivity index (χ0n) is 25.2. The Bertz CT molecular complexity index is 1120. The summed E-state index contributed by atoms with van der Waals surface area (Å²) in [5, 5.41) is 15.7. The van der Waals surface area contributed by atoms with Crippen LogP contribution in [0.25, 0.3) is 0 Å². The number of aryl methyl sites for hydroxylation is 3. The lowest BCUT2D eigenvalue weighted by molar-refractivity contribution is -0.141. The van der Waals surface area contributed by atoms with Gasteiger partial charge in [-0.25, -0.2) is 4.79 Å². The van der Waals surface area contributed by atoms with E-state index in [1.54, 1.807) is 20.8 Å². The van der Waals surface area contributed by atoms with Crippen molar-refractivity contribution in [2.24, 2.45) is 0 Å². The van der Waals surface area contributed by atoms with Crippen LogP contribution < -0.4 is 10.6 Å². The molecule has 8 nitrogen and oxygen atoms in total. The molecule has 2 atom stereocenters. The Labute approximate surface area is 239 Å². The summed E-state index contributed by atoms with van der Waals surface area (Å²) in [5.74, 6) is -0.904. The molecule has 3 N–H and O–H groups in total. The van der Waals surface area contributed by atoms with Crippen molar-refractivity contribution < 1.29 is 24.2 Å². The third-order valence-corrected chi connectivity index (χ3v) is 6.74. The first-order valence-electron chi connectivity index (χ1n) is 14.2. The zero-order chi connectivity index (χ0) is 29.9. The van der Waals surface area contributed by atoms with Gasteiger partial charge in [0, 0.05) is 12.2 Å². The predicted molar refractivity (Wildman–Crippen MR) is 159 cm³/mol. The molecule has 2 aromatic carbocycles. The third-order valence-electron chi connectivity index (χ3n) is 6.74. The van der Waals surface area contributed by atoms with Crippen LogP contribution in [0.2, 0.25) is 0 Å². The van der Waals surface area contributed by atoms with Gasteiger partial charge in [-0.3, -0.25) is 9.59 Å². The first kappa shape index (κ1) is 32.8. The number of hydrogen-bond acceptors (Lipinski definition) is 5. The molecule has 0 heterocycles. The number of carbonyl (C=O) groups is 3. The second-order valence-electron chi connectivity index (χ2n) is 11.3. The van der Waals surface area contributed by atoms with Crippen molar-refractivity contribution in [3.05, 3.63) is 64.7 Å². The smallest absolute Gasteiger partial charge is 0.408 e. The van der Waals surface area contributed by atoms with Crippen molar-refractivity contribution in [3.8, 4) is 0 Å². The number of aliphatic hydroxyl groups excluding tert-OH is 1. The average Bonchev–Trinajstić information content (AvgIpc) is 2.87. The summed E-state index contributed by atoms with van der Waals surface area (Å²) < 4.78 is 5.34. The average molecular weight is 554 g/mol. The van der Waals surface area contributed by atoms with Crippen molar-refractivity contribution in [1.29, 1.82) is 0 Å². The Balaban J connectivity index is 2.54. The normalized spacial score (nSPS) is 12.8. The van der Waals surface area contributed by atoms with Crippen LogP contribution in [0, 0.1) is 20.8 Å². The largest absolute Gasteiger partial charge is 0.444 e. The number of benzene rings is 2. The molecule has 0 radical (unpaired) electrons. The van der Waals surface area contributed by atoms with Gasteiger partial charge in [-0.2, -0.15) is 0 Å². The maximum Gasteiger partial charge on any atom is 0.408 e. The van der Waals surface area contributed by atoms with Gasteiger partial charge in [0.1, 0.15) is 17.7 Å². The highest BCUT2D eigenvalue weighted by Gasteiger charge is 2.37. The summed E-state index contributed by atoms with van der Waals surface area (Å²) in [6.07, 6.45) is 3.94. The lowest BCUT2D eigenvalue weighted by Crippen LogP contribution is -2.54. The molecule has 0 saturated carbocycles. The number of alkyl carbamates (subject to hydrolysis) is 1. The number of para-hydroxylation sites is 1. The minimum Gasteiger partial charge on any atom is -0.444 e. The number of ether oxygens (including phenoxy) is 1. The second kappa shape index (κ2) is 15.4. The van der Waals surface area contributed by atoms with Crippen LogP contribution in [0.3, 0.4) is 0 Å². The number of amides is 3. The molecule has 220 valence electrons. The number of nitrogens with one attached hydrogen (secondary N) is 2. The molecular weight excluding hydrogens is 506 g/mol. The summed E-state index contributed by atoms with van der Waals surface area (Å²) in [6, 6.07) is 11.0. The van der Waals surface area contributed by atoms with Crippen LogP contribution in [0.5, 0.6) is 0 Å². The van der Waals surface area contributed by atoms with Gasteiger partial charge in [-0.1, -0.05) is 69.0 Å². The lowest BCUT2D eigenvalue weighted by atomic mass is 9.93. The summed E-state index contributed by atoms with van der Waals surface area (Å²) in [5.41, 5.74) is 3.24. The topological polar surface area (TPSA) is 108 Å². The van der Waals surface area contributed by atoms with Crippen LogP contribution >= 0.6 is 0 Å². The minimum atomic E-state index is -1.27. The number of nitrogens with zero attached hydrogens (tertiary/aromatic N) is 1. The number of anilines is 1. The van der Waals surface area contributed by atoms with Crippen molar-refractivity contribution in [2.45, 2.75) is 98.3 Å². The van der Waals surface area contributed by atoms with E-state index in [2.05, 4.69) is 17.6 Å². The number of carbonyl (C=O) groups excluding carboxylic acids is 3. The van der Waals surface area contributed by atoms with Crippen molar-refractivity contribution in [3.63, 3.8) is 0 Å². The maximum atomic E-state index is 14.1. The monoisotopic (exact) mass is 553 g/mol. The standard InChI is InChI=1S/C32H47N3O5/c1-8-9-10-11-14-20-35(30(38)26(21-36)34-31(39)40-32(5,6)7)28(27-23(3)17-15-18-24(27)4)29(37)33-25-19-13-12-16-22(25)2/h12-13,15-19,26,28,36H,8-11,14,20-21H2,1-7H3,(H,33,37)(H,34,39). The van der Waals surface area contributed by atoms with Crippen LogP contribution in [0.1, 0.15) is 88.1 Å². The highest BCUT2D eigenvalue weighted by atomic mass is 16.6. The SMILES string of the molecule is CCCCCCCN(C(=O)C(CO)NC(=O)OC(C)(C)C)C(C(=O)Nc1ccccc1C)c1c(C)cccc1C. The first-order chi connectivity index (χ1) is 18.9. The van der Waals surface area contributed by atoms with Gasteiger partial charge < -0.3 is 25.4 Å². The molecule has 8 heteroatoms. The van der Waals surface area contributed by atoms with Crippen LogP contribution in [0.4, 0.5) is 10.5 Å². The molecule has 0 aliphatic carbocycles. The van der Waals surface area contributed by atoms with Gasteiger partial charge >= 0.3 is 6.09 Å². The first-order valence-corrected chi connectivity index (χ1v) is 14.2. The molecule has 0 bridgehead atoms. The Morgan fingerprint density at radius 3 is 2.08 bits per heavy atom. The molecule has 2 unspecified atom stereocenters. The molecule has 0 spiro atoms. The van der Waals surface area contributed by atoms with Crippen LogP contribution in [-0.2, 0) is 14.3 Å². The summed E-state index contributed by atoms with van der Waals surface area (Å²) in [7, 11) is 0. The number of hydrogen-bond donors (Lipinski definition) is 3.